The quantitative estimate of drug-likeness (QED) is 0.406. The molecule has 3 N–H and O–H groups in total. The van der Waals surface area contributed by atoms with Crippen LogP contribution in [0, 0.1) is 23.3 Å². The second kappa shape index (κ2) is 9.11. The Kier molecular flexibility index (Phi) is 6.07. The number of aliphatic imine (C=N–C) groups is 1. The summed E-state index contributed by atoms with van der Waals surface area (Å²) in [5.41, 5.74) is 1.12. The molecule has 0 bridgehead atoms. The van der Waals surface area contributed by atoms with Crippen LogP contribution in [0.5, 0.6) is 0 Å². The zero-order valence-corrected chi connectivity index (χ0v) is 16.8. The van der Waals surface area contributed by atoms with Gasteiger partial charge in [0, 0.05) is 17.2 Å². The molecule has 1 aliphatic rings. The molecule has 4 rings (SSSR count). The van der Waals surface area contributed by atoms with E-state index in [1.54, 1.807) is 48.5 Å². The fourth-order valence-electron chi connectivity index (χ4n) is 3.28. The lowest BCUT2D eigenvalue weighted by Crippen LogP contribution is -2.44. The Morgan fingerprint density at radius 2 is 1.58 bits per heavy atom. The third kappa shape index (κ3) is 4.54. The SMILES string of the molecule is O=C(CNc1c(F)c(F)cc(F)c1F)N[C@H]1N=C(c2ccccc2)c2ccccc2NC1=O. The molecule has 0 spiro atoms. The maximum Gasteiger partial charge on any atom is 0.269 e. The lowest BCUT2D eigenvalue weighted by molar-refractivity contribution is -0.125. The fourth-order valence-corrected chi connectivity index (χ4v) is 3.28. The third-order valence-corrected chi connectivity index (χ3v) is 4.83. The zero-order chi connectivity index (χ0) is 23.5. The first-order chi connectivity index (χ1) is 15.8. The predicted molar refractivity (Wildman–Crippen MR) is 114 cm³/mol. The van der Waals surface area contributed by atoms with E-state index in [-0.39, 0.29) is 6.07 Å². The van der Waals surface area contributed by atoms with E-state index in [1.165, 1.54) is 0 Å². The molecule has 33 heavy (non-hydrogen) atoms. The van der Waals surface area contributed by atoms with E-state index in [9.17, 15) is 27.2 Å². The number of rotatable bonds is 5. The summed E-state index contributed by atoms with van der Waals surface area (Å²) in [5.74, 6) is -8.11. The van der Waals surface area contributed by atoms with Gasteiger partial charge < -0.3 is 16.0 Å². The van der Waals surface area contributed by atoms with Crippen molar-refractivity contribution >= 4 is 28.9 Å². The van der Waals surface area contributed by atoms with Crippen LogP contribution < -0.4 is 16.0 Å². The van der Waals surface area contributed by atoms with Gasteiger partial charge in [-0.1, -0.05) is 48.5 Å². The van der Waals surface area contributed by atoms with E-state index >= 15 is 0 Å². The van der Waals surface area contributed by atoms with Crippen molar-refractivity contribution < 1.29 is 27.2 Å². The minimum atomic E-state index is -1.67. The summed E-state index contributed by atoms with van der Waals surface area (Å²) in [5, 5.41) is 7.05. The van der Waals surface area contributed by atoms with Crippen LogP contribution in [-0.4, -0.2) is 30.2 Å². The van der Waals surface area contributed by atoms with Crippen LogP contribution in [0.15, 0.2) is 65.7 Å². The van der Waals surface area contributed by atoms with Gasteiger partial charge in [-0.2, -0.15) is 0 Å². The number of hydrogen-bond acceptors (Lipinski definition) is 4. The summed E-state index contributed by atoms with van der Waals surface area (Å²) in [6.45, 7) is -0.774. The molecule has 168 valence electrons. The van der Waals surface area contributed by atoms with Gasteiger partial charge in [0.2, 0.25) is 12.1 Å². The van der Waals surface area contributed by atoms with Gasteiger partial charge in [-0.05, 0) is 6.07 Å². The summed E-state index contributed by atoms with van der Waals surface area (Å²) in [7, 11) is 0. The predicted octanol–water partition coefficient (Wildman–Crippen LogP) is 3.59. The van der Waals surface area contributed by atoms with Crippen molar-refractivity contribution in [1.29, 1.82) is 0 Å². The molecule has 1 heterocycles. The van der Waals surface area contributed by atoms with Crippen molar-refractivity contribution in [3.63, 3.8) is 0 Å². The van der Waals surface area contributed by atoms with Crippen LogP contribution in [0.1, 0.15) is 11.1 Å². The normalized spacial score (nSPS) is 15.1. The second-order valence-corrected chi connectivity index (χ2v) is 7.05. The highest BCUT2D eigenvalue weighted by atomic mass is 19.2. The van der Waals surface area contributed by atoms with E-state index in [2.05, 4.69) is 15.6 Å². The number of benzene rings is 3. The minimum Gasteiger partial charge on any atom is -0.371 e. The molecule has 2 amide bonds. The minimum absolute atomic E-state index is 0.0588. The summed E-state index contributed by atoms with van der Waals surface area (Å²) >= 11 is 0. The molecule has 1 atom stereocenters. The van der Waals surface area contributed by atoms with Gasteiger partial charge in [0.25, 0.3) is 5.91 Å². The molecule has 0 unspecified atom stereocenters. The van der Waals surface area contributed by atoms with E-state index in [0.29, 0.717) is 22.5 Å². The maximum absolute atomic E-state index is 13.8. The first-order valence-electron chi connectivity index (χ1n) is 9.75. The molecule has 1 aliphatic heterocycles. The Morgan fingerprint density at radius 3 is 2.27 bits per heavy atom. The smallest absolute Gasteiger partial charge is 0.269 e. The molecule has 0 fully saturated rings. The van der Waals surface area contributed by atoms with Crippen LogP contribution >= 0.6 is 0 Å². The first kappa shape index (κ1) is 22.0. The summed E-state index contributed by atoms with van der Waals surface area (Å²) in [6.07, 6.45) is -1.37. The van der Waals surface area contributed by atoms with Crippen molar-refractivity contribution in [1.82, 2.24) is 5.32 Å². The number of nitrogens with one attached hydrogen (secondary N) is 3. The fraction of sp³-hybridized carbons (Fsp3) is 0.0870. The zero-order valence-electron chi connectivity index (χ0n) is 16.8. The average molecular weight is 456 g/mol. The highest BCUT2D eigenvalue weighted by Gasteiger charge is 2.27. The second-order valence-electron chi connectivity index (χ2n) is 7.05. The van der Waals surface area contributed by atoms with E-state index in [1.807, 2.05) is 11.4 Å². The molecule has 3 aromatic rings. The lowest BCUT2D eigenvalue weighted by atomic mass is 10.0. The number of fused-ring (bicyclic) bond motifs is 1. The van der Waals surface area contributed by atoms with Gasteiger partial charge in [-0.15, -0.1) is 0 Å². The van der Waals surface area contributed by atoms with Gasteiger partial charge in [0.15, 0.2) is 23.3 Å². The number of anilines is 2. The topological polar surface area (TPSA) is 82.6 Å². The molecule has 0 saturated heterocycles. The van der Waals surface area contributed by atoms with Crippen molar-refractivity contribution in [3.05, 3.63) is 95.1 Å². The Morgan fingerprint density at radius 1 is 0.939 bits per heavy atom. The third-order valence-electron chi connectivity index (χ3n) is 4.83. The molecule has 0 aliphatic carbocycles. The summed E-state index contributed by atoms with van der Waals surface area (Å²) < 4.78 is 54.3. The largest absolute Gasteiger partial charge is 0.371 e. The molecule has 10 heteroatoms. The van der Waals surface area contributed by atoms with Gasteiger partial charge >= 0.3 is 0 Å². The van der Waals surface area contributed by atoms with Crippen LogP contribution in [-0.2, 0) is 9.59 Å². The van der Waals surface area contributed by atoms with E-state index < -0.39 is 53.5 Å². The Labute approximate surface area is 185 Å². The van der Waals surface area contributed by atoms with Crippen LogP contribution in [0.3, 0.4) is 0 Å². The summed E-state index contributed by atoms with van der Waals surface area (Å²) in [4.78, 5) is 29.5. The highest BCUT2D eigenvalue weighted by Crippen LogP contribution is 2.25. The standard InChI is InChI=1S/C23H16F4N4O2/c24-14-10-15(25)19(27)21(18(14)26)28-11-17(32)30-22-23(33)29-16-9-5-4-8-13(16)20(31-22)12-6-2-1-3-7-12/h1-10,22,28H,11H2,(H,29,33)(H,30,32)/t22-/m0/s1. The monoisotopic (exact) mass is 456 g/mol. The number of nitrogens with zero attached hydrogens (tertiary/aromatic N) is 1. The summed E-state index contributed by atoms with van der Waals surface area (Å²) in [6, 6.07) is 16.0. The van der Waals surface area contributed by atoms with Crippen molar-refractivity contribution in [2.24, 2.45) is 4.99 Å². The van der Waals surface area contributed by atoms with Crippen LogP contribution in [0.25, 0.3) is 0 Å². The Bertz CT molecular complexity index is 1240. The molecular weight excluding hydrogens is 440 g/mol. The number of benzodiazepines with no additional fused rings is 1. The molecule has 3 aromatic carbocycles. The molecule has 0 saturated carbocycles. The van der Waals surface area contributed by atoms with E-state index in [4.69, 9.17) is 0 Å². The first-order valence-corrected chi connectivity index (χ1v) is 9.75. The van der Waals surface area contributed by atoms with Gasteiger partial charge in [-0.3, -0.25) is 9.59 Å². The van der Waals surface area contributed by atoms with Gasteiger partial charge in [-0.25, -0.2) is 22.6 Å². The molecule has 6 nitrogen and oxygen atoms in total. The van der Waals surface area contributed by atoms with Crippen LogP contribution in [0.4, 0.5) is 28.9 Å². The highest BCUT2D eigenvalue weighted by molar-refractivity contribution is 6.19. The number of para-hydroxylation sites is 1. The number of halogens is 4. The number of hydrogen-bond donors (Lipinski definition) is 3. The Hall–Kier alpha value is -4.21. The molecular formula is C23H16F4N4O2. The average Bonchev–Trinajstić information content (AvgIpc) is 2.94. The van der Waals surface area contributed by atoms with Crippen molar-refractivity contribution in [2.75, 3.05) is 17.2 Å². The van der Waals surface area contributed by atoms with E-state index in [0.717, 1.165) is 0 Å². The maximum atomic E-state index is 13.8. The number of carbonyl (C=O) groups is 2. The number of carbonyl (C=O) groups excluding carboxylic acids is 2. The lowest BCUT2D eigenvalue weighted by Gasteiger charge is -2.15. The van der Waals surface area contributed by atoms with Crippen molar-refractivity contribution in [2.45, 2.75) is 6.17 Å². The number of amides is 2. The molecule has 0 radical (unpaired) electrons. The van der Waals surface area contributed by atoms with Crippen LogP contribution in [0.2, 0.25) is 0 Å². The van der Waals surface area contributed by atoms with Crippen molar-refractivity contribution in [3.8, 4) is 0 Å². The Balaban J connectivity index is 1.58. The molecule has 0 aromatic heterocycles. The van der Waals surface area contributed by atoms with Gasteiger partial charge in [0.1, 0.15) is 5.69 Å². The van der Waals surface area contributed by atoms with Gasteiger partial charge in [0.05, 0.1) is 17.9 Å².